The zero-order chi connectivity index (χ0) is 20.5. The highest BCUT2D eigenvalue weighted by Crippen LogP contribution is 2.26. The minimum Gasteiger partial charge on any atom is -0.393 e. The number of hydrogen-bond donors (Lipinski definition) is 3. The fourth-order valence-corrected chi connectivity index (χ4v) is 3.88. The molecule has 2 amide bonds. The van der Waals surface area contributed by atoms with Crippen molar-refractivity contribution in [2.75, 3.05) is 11.9 Å². The van der Waals surface area contributed by atoms with Gasteiger partial charge in [0.25, 0.3) is 0 Å². The molecule has 0 bridgehead atoms. The normalized spacial score (nSPS) is 21.7. The van der Waals surface area contributed by atoms with Gasteiger partial charge in [0.1, 0.15) is 0 Å². The van der Waals surface area contributed by atoms with E-state index in [1.807, 2.05) is 19.2 Å². The van der Waals surface area contributed by atoms with Gasteiger partial charge in [-0.25, -0.2) is 14.8 Å². The van der Waals surface area contributed by atoms with E-state index in [4.69, 9.17) is 23.2 Å². The number of aromatic nitrogens is 2. The van der Waals surface area contributed by atoms with Crippen LogP contribution >= 0.6 is 23.2 Å². The Kier molecular flexibility index (Phi) is 5.81. The van der Waals surface area contributed by atoms with Gasteiger partial charge in [-0.05, 0) is 49.4 Å². The van der Waals surface area contributed by atoms with Crippen LogP contribution in [0.2, 0.25) is 10.0 Å². The summed E-state index contributed by atoms with van der Waals surface area (Å²) in [6.07, 6.45) is 3.73. The van der Waals surface area contributed by atoms with Crippen LogP contribution in [0.25, 0.3) is 0 Å². The Balaban J connectivity index is 1.39. The summed E-state index contributed by atoms with van der Waals surface area (Å²) in [6.45, 7) is 2.95. The van der Waals surface area contributed by atoms with Crippen molar-refractivity contribution < 1.29 is 9.90 Å². The Morgan fingerprint density at radius 1 is 1.31 bits per heavy atom. The molecular weight excluding hydrogens is 413 g/mol. The van der Waals surface area contributed by atoms with Crippen molar-refractivity contribution >= 4 is 35.2 Å². The zero-order valence-electron chi connectivity index (χ0n) is 16.0. The van der Waals surface area contributed by atoms with Crippen LogP contribution in [0, 0.1) is 0 Å². The lowest BCUT2D eigenvalue weighted by Crippen LogP contribution is -2.44. The van der Waals surface area contributed by atoms with E-state index in [1.165, 1.54) is 0 Å². The van der Waals surface area contributed by atoms with E-state index in [9.17, 15) is 9.90 Å². The summed E-state index contributed by atoms with van der Waals surface area (Å²) in [5, 5.41) is 16.6. The van der Waals surface area contributed by atoms with E-state index in [2.05, 4.69) is 20.6 Å². The number of aliphatic hydroxyl groups is 1. The lowest BCUT2D eigenvalue weighted by molar-refractivity contribution is 0.0834. The summed E-state index contributed by atoms with van der Waals surface area (Å²) in [6, 6.07) is 5.20. The molecular formula is C20H23Cl2N5O2. The molecule has 1 aliphatic heterocycles. The number of nitrogens with zero attached hydrogens (tertiary/aromatic N) is 3. The number of hydrogen-bond acceptors (Lipinski definition) is 5. The van der Waals surface area contributed by atoms with Crippen LogP contribution in [0.3, 0.4) is 0 Å². The number of carbonyl (C=O) groups excluding carboxylic acids is 1. The standard InChI is InChI=1S/C20H23Cl2N5O2/c1-11(12-2-3-16(21)17(22)6-12)24-20(29)27-5-4-13-9-23-19(26-18(13)10-27)25-14-7-15(28)8-14/h2-3,6,9,11,14-15,28H,4-5,7-8,10H2,1H3,(H,24,29)(H,23,25,26)/t11-,14-,15-/m1/s1. The van der Waals surface area contributed by atoms with E-state index in [0.29, 0.717) is 48.3 Å². The monoisotopic (exact) mass is 435 g/mol. The van der Waals surface area contributed by atoms with Gasteiger partial charge in [0.2, 0.25) is 5.95 Å². The average molecular weight is 436 g/mol. The van der Waals surface area contributed by atoms with Crippen molar-refractivity contribution in [1.82, 2.24) is 20.2 Å². The highest BCUT2D eigenvalue weighted by atomic mass is 35.5. The molecule has 29 heavy (non-hydrogen) atoms. The molecule has 1 fully saturated rings. The number of rotatable bonds is 4. The molecule has 2 heterocycles. The highest BCUT2D eigenvalue weighted by Gasteiger charge is 2.28. The molecule has 2 aromatic rings. The topological polar surface area (TPSA) is 90.4 Å². The SMILES string of the molecule is C[C@@H](NC(=O)N1CCc2cnc(N[C@H]3C[C@H](O)C3)nc2C1)c1ccc(Cl)c(Cl)c1. The summed E-state index contributed by atoms with van der Waals surface area (Å²) >= 11 is 12.1. The number of carbonyl (C=O) groups is 1. The predicted octanol–water partition coefficient (Wildman–Crippen LogP) is 3.55. The third kappa shape index (κ3) is 4.57. The molecule has 154 valence electrons. The minimum atomic E-state index is -0.234. The van der Waals surface area contributed by atoms with Crippen LogP contribution in [-0.4, -0.2) is 44.7 Å². The second kappa shape index (κ2) is 8.34. The molecule has 1 aromatic heterocycles. The van der Waals surface area contributed by atoms with E-state index in [0.717, 1.165) is 16.8 Å². The van der Waals surface area contributed by atoms with Gasteiger partial charge in [-0.15, -0.1) is 0 Å². The second-order valence-electron chi connectivity index (χ2n) is 7.65. The van der Waals surface area contributed by atoms with Crippen LogP contribution in [0.5, 0.6) is 0 Å². The molecule has 7 nitrogen and oxygen atoms in total. The Bertz CT molecular complexity index is 920. The molecule has 1 atom stereocenters. The van der Waals surface area contributed by atoms with E-state index in [1.54, 1.807) is 17.0 Å². The maximum Gasteiger partial charge on any atom is 0.318 e. The fourth-order valence-electron chi connectivity index (χ4n) is 3.58. The first-order valence-electron chi connectivity index (χ1n) is 9.69. The molecule has 2 aliphatic rings. The molecule has 1 aliphatic carbocycles. The maximum atomic E-state index is 12.8. The first kappa shape index (κ1) is 20.2. The number of urea groups is 1. The Morgan fingerprint density at radius 3 is 2.83 bits per heavy atom. The first-order chi connectivity index (χ1) is 13.9. The number of anilines is 1. The van der Waals surface area contributed by atoms with Gasteiger partial charge in [-0.2, -0.15) is 0 Å². The van der Waals surface area contributed by atoms with E-state index < -0.39 is 0 Å². The third-order valence-electron chi connectivity index (χ3n) is 5.46. The van der Waals surface area contributed by atoms with E-state index in [-0.39, 0.29) is 24.2 Å². The van der Waals surface area contributed by atoms with Gasteiger partial charge >= 0.3 is 6.03 Å². The zero-order valence-corrected chi connectivity index (χ0v) is 17.5. The smallest absolute Gasteiger partial charge is 0.318 e. The Morgan fingerprint density at radius 2 is 2.10 bits per heavy atom. The molecule has 0 unspecified atom stereocenters. The van der Waals surface area contributed by atoms with Gasteiger partial charge in [0.15, 0.2) is 0 Å². The number of aliphatic hydroxyl groups excluding tert-OH is 1. The third-order valence-corrected chi connectivity index (χ3v) is 6.20. The lowest BCUT2D eigenvalue weighted by atomic mass is 9.90. The number of halogens is 2. The van der Waals surface area contributed by atoms with Gasteiger partial charge < -0.3 is 20.6 Å². The van der Waals surface area contributed by atoms with Crippen LogP contribution < -0.4 is 10.6 Å². The second-order valence-corrected chi connectivity index (χ2v) is 8.46. The molecule has 0 radical (unpaired) electrons. The largest absolute Gasteiger partial charge is 0.393 e. The van der Waals surface area contributed by atoms with Gasteiger partial charge in [0, 0.05) is 18.8 Å². The summed E-state index contributed by atoms with van der Waals surface area (Å²) in [5.41, 5.74) is 2.80. The molecule has 4 rings (SSSR count). The predicted molar refractivity (Wildman–Crippen MR) is 112 cm³/mol. The molecule has 1 aromatic carbocycles. The van der Waals surface area contributed by atoms with Gasteiger partial charge in [0.05, 0.1) is 34.4 Å². The molecule has 1 saturated carbocycles. The fraction of sp³-hybridized carbons (Fsp3) is 0.450. The average Bonchev–Trinajstić information content (AvgIpc) is 2.68. The molecule has 0 saturated heterocycles. The van der Waals surface area contributed by atoms with Crippen molar-refractivity contribution in [1.29, 1.82) is 0 Å². The number of benzene rings is 1. The maximum absolute atomic E-state index is 12.8. The first-order valence-corrected chi connectivity index (χ1v) is 10.4. The van der Waals surface area contributed by atoms with Crippen LogP contribution in [0.1, 0.15) is 42.6 Å². The van der Waals surface area contributed by atoms with Crippen LogP contribution in [0.15, 0.2) is 24.4 Å². The summed E-state index contributed by atoms with van der Waals surface area (Å²) in [7, 11) is 0. The Hall–Kier alpha value is -2.09. The number of fused-ring (bicyclic) bond motifs is 1. The summed E-state index contributed by atoms with van der Waals surface area (Å²) in [5.74, 6) is 0.548. The molecule has 3 N–H and O–H groups in total. The lowest BCUT2D eigenvalue weighted by Gasteiger charge is -2.33. The number of amides is 2. The van der Waals surface area contributed by atoms with Crippen LogP contribution in [-0.2, 0) is 13.0 Å². The van der Waals surface area contributed by atoms with Crippen molar-refractivity contribution in [2.45, 2.75) is 50.9 Å². The highest BCUT2D eigenvalue weighted by molar-refractivity contribution is 6.42. The Labute approximate surface area is 179 Å². The molecule has 9 heteroatoms. The van der Waals surface area contributed by atoms with Gasteiger partial charge in [-0.3, -0.25) is 0 Å². The summed E-state index contributed by atoms with van der Waals surface area (Å²) in [4.78, 5) is 23.5. The van der Waals surface area contributed by atoms with Gasteiger partial charge in [-0.1, -0.05) is 29.3 Å². The van der Waals surface area contributed by atoms with Crippen LogP contribution in [0.4, 0.5) is 10.7 Å². The summed E-state index contributed by atoms with van der Waals surface area (Å²) < 4.78 is 0. The molecule has 0 spiro atoms. The quantitative estimate of drug-likeness (QED) is 0.682. The van der Waals surface area contributed by atoms with Crippen molar-refractivity contribution in [3.8, 4) is 0 Å². The van der Waals surface area contributed by atoms with Crippen molar-refractivity contribution in [3.05, 3.63) is 51.3 Å². The van der Waals surface area contributed by atoms with Crippen molar-refractivity contribution in [3.63, 3.8) is 0 Å². The number of nitrogens with one attached hydrogen (secondary N) is 2. The van der Waals surface area contributed by atoms with Crippen molar-refractivity contribution in [2.24, 2.45) is 0 Å². The van der Waals surface area contributed by atoms with E-state index >= 15 is 0 Å². The minimum absolute atomic E-state index is 0.149.